The minimum absolute atomic E-state index is 0.00603. The molecule has 4 amide bonds. The zero-order chi connectivity index (χ0) is 33.0. The molecule has 1 aromatic heterocycles. The molecule has 6 atom stereocenters. The molecule has 0 radical (unpaired) electrons. The van der Waals surface area contributed by atoms with Crippen LogP contribution in [0.4, 0.5) is 19.0 Å². The van der Waals surface area contributed by atoms with Crippen LogP contribution in [0.3, 0.4) is 0 Å². The molecule has 2 aromatic rings. The summed E-state index contributed by atoms with van der Waals surface area (Å²) in [5.74, 6) is -7.99. The highest BCUT2D eigenvalue weighted by Crippen LogP contribution is 2.66. The molecule has 17 heteroatoms. The summed E-state index contributed by atoms with van der Waals surface area (Å²) in [5.41, 5.74) is -0.806. The maximum atomic E-state index is 14.1. The van der Waals surface area contributed by atoms with E-state index in [2.05, 4.69) is 20.9 Å². The molecule has 1 aromatic carbocycles. The quantitative estimate of drug-likeness (QED) is 0.179. The van der Waals surface area contributed by atoms with Crippen molar-refractivity contribution in [3.8, 4) is 5.75 Å². The van der Waals surface area contributed by atoms with Crippen molar-refractivity contribution in [1.29, 1.82) is 0 Å². The van der Waals surface area contributed by atoms with E-state index in [1.165, 1.54) is 25.2 Å². The maximum Gasteiger partial charge on any atom is 0.433 e. The molecule has 45 heavy (non-hydrogen) atoms. The topological polar surface area (TPSA) is 111 Å². The Morgan fingerprint density at radius 1 is 1.04 bits per heavy atom. The molecular formula is C28H20BrCl4F3N4O5. The number of rotatable bonds is 4. The summed E-state index contributed by atoms with van der Waals surface area (Å²) in [4.78, 5) is 55.7. The highest BCUT2D eigenvalue weighted by molar-refractivity contribution is 9.09. The molecule has 4 aliphatic rings. The third kappa shape index (κ3) is 4.44. The van der Waals surface area contributed by atoms with Crippen LogP contribution < -0.4 is 5.01 Å². The maximum absolute atomic E-state index is 14.1. The van der Waals surface area contributed by atoms with Crippen molar-refractivity contribution in [2.75, 3.05) is 17.5 Å². The van der Waals surface area contributed by atoms with Crippen LogP contribution in [0.25, 0.3) is 0 Å². The highest BCUT2D eigenvalue weighted by Gasteiger charge is 2.76. The van der Waals surface area contributed by atoms with Gasteiger partial charge in [0.15, 0.2) is 15.6 Å². The summed E-state index contributed by atoms with van der Waals surface area (Å²) < 4.78 is 40.4. The molecule has 0 unspecified atom stereocenters. The number of allylic oxidation sites excluding steroid dienone is 2. The molecule has 6 rings (SSSR count). The third-order valence-electron chi connectivity index (χ3n) is 9.01. The summed E-state index contributed by atoms with van der Waals surface area (Å²) >= 11 is 30.2. The Hall–Kier alpha value is -2.58. The number of halogens is 8. The zero-order valence-corrected chi connectivity index (χ0v) is 27.4. The van der Waals surface area contributed by atoms with Crippen LogP contribution in [0.1, 0.15) is 30.0 Å². The number of phenolic OH excluding ortho intramolecular Hbond substituents is 1. The standard InChI is InChI=1S/C28H20BrCl4F3N4O5/c1-38(21-16(30)6-7-18(37-21)28(34,35)36)40-22(42)14-5-4-12-15(19(14)23(40)43)9-26(32)24(44)39(10-29)25(45)27(26,33)20(12)13-3-2-11(41)8-17(13)31/h2-4,6-8,14-15,19-20,41H,5,9-10H2,1H3/t14-,15+,19-,20+,26+,27-/m0/s1. The Balaban J connectivity index is 1.47. The van der Waals surface area contributed by atoms with Gasteiger partial charge in [0, 0.05) is 18.0 Å². The van der Waals surface area contributed by atoms with Crippen LogP contribution in [0.15, 0.2) is 42.0 Å². The second kappa shape index (κ2) is 10.7. The van der Waals surface area contributed by atoms with Gasteiger partial charge in [-0.1, -0.05) is 56.8 Å². The minimum Gasteiger partial charge on any atom is -0.508 e. The number of pyridine rings is 1. The number of fused-ring (bicyclic) bond motifs is 4. The predicted octanol–water partition coefficient (Wildman–Crippen LogP) is 5.88. The molecule has 2 aliphatic heterocycles. The number of benzene rings is 1. The lowest BCUT2D eigenvalue weighted by Gasteiger charge is -2.51. The van der Waals surface area contributed by atoms with Gasteiger partial charge in [-0.05, 0) is 48.6 Å². The fraction of sp³-hybridized carbons (Fsp3) is 0.393. The Kier molecular flexibility index (Phi) is 7.72. The molecule has 1 N–H and O–H groups in total. The Bertz CT molecular complexity index is 1730. The summed E-state index contributed by atoms with van der Waals surface area (Å²) in [6.07, 6.45) is -3.48. The highest BCUT2D eigenvalue weighted by atomic mass is 79.9. The summed E-state index contributed by atoms with van der Waals surface area (Å²) in [7, 11) is 1.19. The molecule has 0 spiro atoms. The molecular weight excluding hydrogens is 751 g/mol. The van der Waals surface area contributed by atoms with Gasteiger partial charge in [-0.2, -0.15) is 18.2 Å². The fourth-order valence-corrected chi connectivity index (χ4v) is 8.97. The molecule has 0 bridgehead atoms. The average Bonchev–Trinajstić information content (AvgIpc) is 3.30. The number of imide groups is 2. The van der Waals surface area contributed by atoms with Crippen LogP contribution in [0.5, 0.6) is 5.75 Å². The number of likely N-dealkylation sites (tertiary alicyclic amines) is 1. The van der Waals surface area contributed by atoms with Gasteiger partial charge in [-0.15, -0.1) is 23.2 Å². The van der Waals surface area contributed by atoms with Gasteiger partial charge in [-0.3, -0.25) is 29.1 Å². The summed E-state index contributed by atoms with van der Waals surface area (Å²) in [6.45, 7) is 0. The number of amides is 4. The van der Waals surface area contributed by atoms with Crippen molar-refractivity contribution in [3.63, 3.8) is 0 Å². The first-order chi connectivity index (χ1) is 21.0. The molecule has 1 saturated carbocycles. The van der Waals surface area contributed by atoms with Crippen LogP contribution in [-0.4, -0.2) is 65.9 Å². The van der Waals surface area contributed by atoms with E-state index in [1.807, 2.05) is 0 Å². The van der Waals surface area contributed by atoms with Crippen LogP contribution in [0.2, 0.25) is 10.0 Å². The van der Waals surface area contributed by atoms with Crippen molar-refractivity contribution < 1.29 is 37.5 Å². The third-order valence-corrected chi connectivity index (χ3v) is 11.5. The van der Waals surface area contributed by atoms with Gasteiger partial charge in [0.05, 0.1) is 22.3 Å². The molecule has 3 heterocycles. The van der Waals surface area contributed by atoms with E-state index in [1.54, 1.807) is 6.08 Å². The Labute approximate surface area is 281 Å². The number of aromatic nitrogens is 1. The number of aromatic hydroxyl groups is 1. The van der Waals surface area contributed by atoms with E-state index >= 15 is 0 Å². The van der Waals surface area contributed by atoms with Crippen LogP contribution in [-0.2, 0) is 25.4 Å². The van der Waals surface area contributed by atoms with E-state index in [4.69, 9.17) is 46.4 Å². The minimum atomic E-state index is -4.82. The number of phenols is 1. The number of hydrogen-bond acceptors (Lipinski definition) is 7. The first kappa shape index (κ1) is 32.4. The van der Waals surface area contributed by atoms with E-state index in [-0.39, 0.29) is 39.7 Å². The second-order valence-electron chi connectivity index (χ2n) is 11.2. The van der Waals surface area contributed by atoms with E-state index in [9.17, 15) is 37.5 Å². The van der Waals surface area contributed by atoms with Crippen molar-refractivity contribution >= 4 is 91.8 Å². The zero-order valence-electron chi connectivity index (χ0n) is 22.8. The van der Waals surface area contributed by atoms with Gasteiger partial charge in [0.1, 0.15) is 11.4 Å². The van der Waals surface area contributed by atoms with Crippen LogP contribution in [0, 0.1) is 17.8 Å². The number of alkyl halides is 6. The van der Waals surface area contributed by atoms with E-state index in [0.29, 0.717) is 16.6 Å². The van der Waals surface area contributed by atoms with Gasteiger partial charge in [-0.25, -0.2) is 4.98 Å². The Morgan fingerprint density at radius 2 is 1.73 bits per heavy atom. The van der Waals surface area contributed by atoms with Crippen molar-refractivity contribution in [3.05, 3.63) is 63.3 Å². The lowest BCUT2D eigenvalue weighted by atomic mass is 9.56. The largest absolute Gasteiger partial charge is 0.508 e. The summed E-state index contributed by atoms with van der Waals surface area (Å²) in [6, 6.07) is 5.64. The average molecular weight is 771 g/mol. The monoisotopic (exact) mass is 768 g/mol. The SMILES string of the molecule is CN(c1nc(C(F)(F)F)ccc1Cl)N1C(=O)[C@H]2[C@H](CC=C3[C@H]2C[C@@]2(Cl)C(=O)N(CBr)C(=O)[C@@]2(Cl)[C@H]3c2ccc(O)cc2Cl)C1=O. The van der Waals surface area contributed by atoms with Gasteiger partial charge in [0.25, 0.3) is 23.6 Å². The lowest BCUT2D eigenvalue weighted by molar-refractivity contribution is -0.142. The molecule has 238 valence electrons. The lowest BCUT2D eigenvalue weighted by Crippen LogP contribution is -2.60. The predicted molar refractivity (Wildman–Crippen MR) is 161 cm³/mol. The second-order valence-corrected chi connectivity index (χ2v) is 13.8. The normalized spacial score (nSPS) is 31.2. The Morgan fingerprint density at radius 3 is 2.36 bits per heavy atom. The summed E-state index contributed by atoms with van der Waals surface area (Å²) in [5, 5.41) is 11.4. The molecule has 2 saturated heterocycles. The molecule has 2 aliphatic carbocycles. The van der Waals surface area contributed by atoms with Gasteiger partial charge in [0.2, 0.25) is 0 Å². The van der Waals surface area contributed by atoms with Crippen molar-refractivity contribution in [2.24, 2.45) is 17.8 Å². The van der Waals surface area contributed by atoms with Gasteiger partial charge < -0.3 is 5.11 Å². The fourth-order valence-electron chi connectivity index (χ4n) is 7.04. The number of anilines is 1. The van der Waals surface area contributed by atoms with Gasteiger partial charge >= 0.3 is 6.18 Å². The van der Waals surface area contributed by atoms with Crippen molar-refractivity contribution in [2.45, 2.75) is 34.7 Å². The molecule has 3 fully saturated rings. The van der Waals surface area contributed by atoms with Crippen molar-refractivity contribution in [1.82, 2.24) is 14.9 Å². The first-order valence-electron chi connectivity index (χ1n) is 13.3. The number of hydrazine groups is 1. The van der Waals surface area contributed by atoms with E-state index in [0.717, 1.165) is 16.0 Å². The molecule has 9 nitrogen and oxygen atoms in total. The first-order valence-corrected chi connectivity index (χ1v) is 16.0. The smallest absolute Gasteiger partial charge is 0.433 e. The van der Waals surface area contributed by atoms with E-state index < -0.39 is 74.7 Å². The number of hydrogen-bond donors (Lipinski definition) is 1. The number of carbonyl (C=O) groups is 4. The number of carbonyl (C=O) groups excluding carboxylic acids is 4. The van der Waals surface area contributed by atoms with Crippen LogP contribution >= 0.6 is 62.3 Å². The number of nitrogens with zero attached hydrogens (tertiary/aromatic N) is 4.